The summed E-state index contributed by atoms with van der Waals surface area (Å²) in [5.41, 5.74) is 3.80. The molecule has 1 aromatic carbocycles. The molecule has 1 heterocycles. The van der Waals surface area contributed by atoms with E-state index in [9.17, 15) is 0 Å². The summed E-state index contributed by atoms with van der Waals surface area (Å²) in [5.74, 6) is 1.02. The minimum atomic E-state index is 0.333. The molecule has 90 valence electrons. The van der Waals surface area contributed by atoms with Crippen LogP contribution >= 0.6 is 0 Å². The summed E-state index contributed by atoms with van der Waals surface area (Å²) >= 11 is 0. The second kappa shape index (κ2) is 5.19. The van der Waals surface area contributed by atoms with Crippen LogP contribution in [-0.4, -0.2) is 0 Å². The number of hydrogen-bond acceptors (Lipinski definition) is 2. The van der Waals surface area contributed by atoms with E-state index < -0.39 is 0 Å². The van der Waals surface area contributed by atoms with Crippen molar-refractivity contribution in [1.29, 1.82) is 0 Å². The van der Waals surface area contributed by atoms with Gasteiger partial charge in [0.25, 0.3) is 0 Å². The highest BCUT2D eigenvalue weighted by atomic mass is 16.3. The molecule has 0 aliphatic heterocycles. The Hall–Kier alpha value is -1.54. The van der Waals surface area contributed by atoms with Crippen molar-refractivity contribution < 1.29 is 4.42 Å². The minimum absolute atomic E-state index is 0.333. The lowest BCUT2D eigenvalue weighted by Crippen LogP contribution is -2.18. The maximum absolute atomic E-state index is 5.41. The van der Waals surface area contributed by atoms with Crippen molar-refractivity contribution in [3.63, 3.8) is 0 Å². The Kier molecular flexibility index (Phi) is 3.64. The van der Waals surface area contributed by atoms with Crippen LogP contribution in [0.5, 0.6) is 0 Å². The van der Waals surface area contributed by atoms with Crippen molar-refractivity contribution in [2.75, 3.05) is 0 Å². The number of hydrogen-bond donors (Lipinski definition) is 1. The Bertz CT molecular complexity index is 470. The second-order valence-electron chi connectivity index (χ2n) is 4.54. The first-order chi connectivity index (χ1) is 8.16. The normalized spacial score (nSPS) is 12.6. The molecular weight excluding hydrogens is 210 g/mol. The molecule has 0 unspecified atom stereocenters. The van der Waals surface area contributed by atoms with Gasteiger partial charge in [0.15, 0.2) is 0 Å². The molecule has 0 saturated heterocycles. The van der Waals surface area contributed by atoms with E-state index in [-0.39, 0.29) is 0 Å². The van der Waals surface area contributed by atoms with Crippen molar-refractivity contribution in [3.05, 3.63) is 59.0 Å². The zero-order chi connectivity index (χ0) is 12.3. The highest BCUT2D eigenvalue weighted by Gasteiger charge is 2.07. The Morgan fingerprint density at radius 3 is 2.41 bits per heavy atom. The molecule has 1 aromatic heterocycles. The Morgan fingerprint density at radius 1 is 1.12 bits per heavy atom. The molecular formula is C15H19NO. The van der Waals surface area contributed by atoms with Gasteiger partial charge < -0.3 is 9.73 Å². The average Bonchev–Trinajstić information content (AvgIpc) is 2.73. The van der Waals surface area contributed by atoms with Gasteiger partial charge in [0, 0.05) is 6.04 Å². The molecule has 1 N–H and O–H groups in total. The van der Waals surface area contributed by atoms with Crippen LogP contribution in [-0.2, 0) is 6.54 Å². The van der Waals surface area contributed by atoms with Gasteiger partial charge >= 0.3 is 0 Å². The molecule has 0 aliphatic rings. The van der Waals surface area contributed by atoms with E-state index in [1.165, 1.54) is 16.7 Å². The predicted octanol–water partition coefficient (Wildman–Crippen LogP) is 3.75. The van der Waals surface area contributed by atoms with Crippen LogP contribution in [0.1, 0.15) is 35.4 Å². The topological polar surface area (TPSA) is 25.2 Å². The SMILES string of the molecule is Cc1ccc([C@@H](C)NCc2occc2C)cc1. The van der Waals surface area contributed by atoms with Gasteiger partial charge in [-0.05, 0) is 38.0 Å². The summed E-state index contributed by atoms with van der Waals surface area (Å²) in [5, 5.41) is 3.47. The molecule has 0 bridgehead atoms. The van der Waals surface area contributed by atoms with E-state index in [4.69, 9.17) is 4.42 Å². The Morgan fingerprint density at radius 2 is 1.82 bits per heavy atom. The molecule has 0 spiro atoms. The first-order valence-corrected chi connectivity index (χ1v) is 6.00. The molecule has 0 radical (unpaired) electrons. The van der Waals surface area contributed by atoms with Gasteiger partial charge in [-0.25, -0.2) is 0 Å². The lowest BCUT2D eigenvalue weighted by molar-refractivity contribution is 0.458. The molecule has 1 atom stereocenters. The van der Waals surface area contributed by atoms with Crippen LogP contribution in [0.3, 0.4) is 0 Å². The fraction of sp³-hybridized carbons (Fsp3) is 0.333. The number of aryl methyl sites for hydroxylation is 2. The Balaban J connectivity index is 1.95. The molecule has 17 heavy (non-hydrogen) atoms. The number of benzene rings is 1. The third-order valence-electron chi connectivity index (χ3n) is 3.11. The molecule has 0 saturated carbocycles. The standard InChI is InChI=1S/C15H19NO/c1-11-4-6-14(7-5-11)13(3)16-10-15-12(2)8-9-17-15/h4-9,13,16H,10H2,1-3H3/t13-/m1/s1. The van der Waals surface area contributed by atoms with E-state index in [1.807, 2.05) is 6.07 Å². The van der Waals surface area contributed by atoms with Gasteiger partial charge in [-0.15, -0.1) is 0 Å². The van der Waals surface area contributed by atoms with Gasteiger partial charge in [0.1, 0.15) is 5.76 Å². The van der Waals surface area contributed by atoms with Crippen molar-refractivity contribution in [1.82, 2.24) is 5.32 Å². The summed E-state index contributed by atoms with van der Waals surface area (Å²) in [7, 11) is 0. The maximum atomic E-state index is 5.41. The number of furan rings is 1. The van der Waals surface area contributed by atoms with Crippen LogP contribution in [0.4, 0.5) is 0 Å². The Labute approximate surface area is 103 Å². The number of nitrogens with one attached hydrogen (secondary N) is 1. The van der Waals surface area contributed by atoms with Crippen LogP contribution in [0, 0.1) is 13.8 Å². The van der Waals surface area contributed by atoms with E-state index in [2.05, 4.69) is 50.4 Å². The zero-order valence-electron chi connectivity index (χ0n) is 10.7. The van der Waals surface area contributed by atoms with E-state index in [0.29, 0.717) is 6.04 Å². The van der Waals surface area contributed by atoms with E-state index in [1.54, 1.807) is 6.26 Å². The molecule has 2 aromatic rings. The first kappa shape index (κ1) is 11.9. The third kappa shape index (κ3) is 2.98. The summed E-state index contributed by atoms with van der Waals surface area (Å²) in [4.78, 5) is 0. The van der Waals surface area contributed by atoms with Gasteiger partial charge in [-0.2, -0.15) is 0 Å². The van der Waals surface area contributed by atoms with Crippen molar-refractivity contribution >= 4 is 0 Å². The fourth-order valence-corrected chi connectivity index (χ4v) is 1.80. The monoisotopic (exact) mass is 229 g/mol. The van der Waals surface area contributed by atoms with Gasteiger partial charge in [-0.3, -0.25) is 0 Å². The average molecular weight is 229 g/mol. The lowest BCUT2D eigenvalue weighted by atomic mass is 10.1. The molecule has 0 aliphatic carbocycles. The number of rotatable bonds is 4. The van der Waals surface area contributed by atoms with Crippen molar-refractivity contribution in [2.24, 2.45) is 0 Å². The molecule has 0 fully saturated rings. The fourth-order valence-electron chi connectivity index (χ4n) is 1.80. The molecule has 2 rings (SSSR count). The summed E-state index contributed by atoms with van der Waals surface area (Å²) in [6, 6.07) is 11.0. The molecule has 2 heteroatoms. The van der Waals surface area contributed by atoms with Crippen LogP contribution in [0.2, 0.25) is 0 Å². The van der Waals surface area contributed by atoms with Gasteiger partial charge in [0.2, 0.25) is 0 Å². The molecule has 2 nitrogen and oxygen atoms in total. The lowest BCUT2D eigenvalue weighted by Gasteiger charge is -2.13. The van der Waals surface area contributed by atoms with Crippen LogP contribution < -0.4 is 5.32 Å². The van der Waals surface area contributed by atoms with Crippen LogP contribution in [0.15, 0.2) is 41.0 Å². The summed E-state index contributed by atoms with van der Waals surface area (Å²) in [6.07, 6.45) is 1.74. The van der Waals surface area contributed by atoms with Gasteiger partial charge in [-0.1, -0.05) is 29.8 Å². The third-order valence-corrected chi connectivity index (χ3v) is 3.11. The predicted molar refractivity (Wildman–Crippen MR) is 69.9 cm³/mol. The summed E-state index contributed by atoms with van der Waals surface area (Å²) < 4.78 is 5.41. The highest BCUT2D eigenvalue weighted by molar-refractivity contribution is 5.24. The maximum Gasteiger partial charge on any atom is 0.120 e. The largest absolute Gasteiger partial charge is 0.468 e. The second-order valence-corrected chi connectivity index (χ2v) is 4.54. The van der Waals surface area contributed by atoms with Gasteiger partial charge in [0.05, 0.1) is 12.8 Å². The summed E-state index contributed by atoms with van der Waals surface area (Å²) in [6.45, 7) is 7.11. The highest BCUT2D eigenvalue weighted by Crippen LogP contribution is 2.15. The zero-order valence-corrected chi connectivity index (χ0v) is 10.7. The first-order valence-electron chi connectivity index (χ1n) is 6.00. The smallest absolute Gasteiger partial charge is 0.120 e. The van der Waals surface area contributed by atoms with Crippen molar-refractivity contribution in [3.8, 4) is 0 Å². The van der Waals surface area contributed by atoms with Crippen LogP contribution in [0.25, 0.3) is 0 Å². The van der Waals surface area contributed by atoms with E-state index in [0.717, 1.165) is 12.3 Å². The quantitative estimate of drug-likeness (QED) is 0.863. The van der Waals surface area contributed by atoms with Crippen molar-refractivity contribution in [2.45, 2.75) is 33.4 Å². The molecule has 0 amide bonds. The minimum Gasteiger partial charge on any atom is -0.468 e. The van der Waals surface area contributed by atoms with E-state index >= 15 is 0 Å².